The monoisotopic (exact) mass is 418 g/mol. The van der Waals surface area contributed by atoms with Crippen LogP contribution in [0.2, 0.25) is 0 Å². The van der Waals surface area contributed by atoms with Crippen LogP contribution in [0.4, 0.5) is 18.0 Å². The third-order valence-corrected chi connectivity index (χ3v) is 6.20. The molecule has 1 amide bonds. The average Bonchev–Trinajstić information content (AvgIpc) is 2.67. The minimum atomic E-state index is -4.28. The van der Waals surface area contributed by atoms with Gasteiger partial charge in [-0.15, -0.1) is 0 Å². The van der Waals surface area contributed by atoms with Gasteiger partial charge in [-0.25, -0.2) is 4.79 Å². The van der Waals surface area contributed by atoms with Gasteiger partial charge in [-0.1, -0.05) is 0 Å². The van der Waals surface area contributed by atoms with E-state index in [1.807, 2.05) is 0 Å². The molecule has 1 N–H and O–H groups in total. The molecule has 1 saturated carbocycles. The van der Waals surface area contributed by atoms with E-state index in [1.54, 1.807) is 12.1 Å². The standard InChI is InChI=1S/C19H25F3N2O3S/c20-19(21,22)28-17-7-5-16(6-8-17)27-13-14-1-3-15(4-2-14)23-9-11-24(12-10-23)18(25)26/h5-8,14-15H,1-4,9-13H2,(H,25,26). The summed E-state index contributed by atoms with van der Waals surface area (Å²) in [5, 5.41) is 9.03. The summed E-state index contributed by atoms with van der Waals surface area (Å²) in [5.74, 6) is 1.04. The highest BCUT2D eigenvalue weighted by atomic mass is 32.2. The van der Waals surface area contributed by atoms with Crippen LogP contribution in [-0.4, -0.2) is 65.3 Å². The van der Waals surface area contributed by atoms with E-state index in [2.05, 4.69) is 4.90 Å². The summed E-state index contributed by atoms with van der Waals surface area (Å²) in [7, 11) is 0. The fourth-order valence-electron chi connectivity index (χ4n) is 3.91. The van der Waals surface area contributed by atoms with E-state index in [0.29, 0.717) is 37.4 Å². The minimum Gasteiger partial charge on any atom is -0.493 e. The van der Waals surface area contributed by atoms with Gasteiger partial charge >= 0.3 is 11.6 Å². The molecule has 156 valence electrons. The Morgan fingerprint density at radius 1 is 1.07 bits per heavy atom. The Balaban J connectivity index is 1.37. The molecule has 9 heteroatoms. The van der Waals surface area contributed by atoms with E-state index in [1.165, 1.54) is 17.0 Å². The second-order valence-electron chi connectivity index (χ2n) is 7.31. The van der Waals surface area contributed by atoms with Crippen molar-refractivity contribution >= 4 is 17.9 Å². The number of nitrogens with zero attached hydrogens (tertiary/aromatic N) is 2. The summed E-state index contributed by atoms with van der Waals surface area (Å²) < 4.78 is 42.8. The van der Waals surface area contributed by atoms with Crippen LogP contribution in [0.1, 0.15) is 25.7 Å². The number of alkyl halides is 3. The molecule has 1 aliphatic carbocycles. The first kappa shape index (κ1) is 21.1. The summed E-state index contributed by atoms with van der Waals surface area (Å²) in [5.41, 5.74) is -4.28. The number of halogens is 3. The zero-order valence-electron chi connectivity index (χ0n) is 15.5. The quantitative estimate of drug-likeness (QED) is 0.712. The van der Waals surface area contributed by atoms with Crippen molar-refractivity contribution < 1.29 is 27.8 Å². The summed E-state index contributed by atoms with van der Waals surface area (Å²) in [6.07, 6.45) is 3.40. The van der Waals surface area contributed by atoms with Gasteiger partial charge in [-0.05, 0) is 67.6 Å². The number of benzene rings is 1. The lowest BCUT2D eigenvalue weighted by atomic mass is 9.85. The van der Waals surface area contributed by atoms with Crippen LogP contribution >= 0.6 is 11.8 Å². The zero-order chi connectivity index (χ0) is 20.1. The number of ether oxygens (including phenoxy) is 1. The Bertz CT molecular complexity index is 641. The van der Waals surface area contributed by atoms with Crippen molar-refractivity contribution in [3.8, 4) is 5.75 Å². The lowest BCUT2D eigenvalue weighted by Gasteiger charge is -2.41. The van der Waals surface area contributed by atoms with E-state index in [0.717, 1.165) is 38.8 Å². The molecule has 0 bridgehead atoms. The number of thioether (sulfide) groups is 1. The predicted octanol–water partition coefficient (Wildman–Crippen LogP) is 4.53. The molecule has 1 saturated heterocycles. The molecule has 0 unspecified atom stereocenters. The molecule has 28 heavy (non-hydrogen) atoms. The smallest absolute Gasteiger partial charge is 0.446 e. The Labute approximate surface area is 166 Å². The topological polar surface area (TPSA) is 53.0 Å². The molecule has 1 aromatic rings. The highest BCUT2D eigenvalue weighted by molar-refractivity contribution is 8.00. The molecule has 0 spiro atoms. The highest BCUT2D eigenvalue weighted by Crippen LogP contribution is 2.37. The van der Waals surface area contributed by atoms with Crippen molar-refractivity contribution in [1.29, 1.82) is 0 Å². The molecule has 3 rings (SSSR count). The van der Waals surface area contributed by atoms with Crippen molar-refractivity contribution in [2.75, 3.05) is 32.8 Å². The summed E-state index contributed by atoms with van der Waals surface area (Å²) in [6.45, 7) is 3.30. The van der Waals surface area contributed by atoms with Gasteiger partial charge in [0.1, 0.15) is 5.75 Å². The number of hydrogen-bond acceptors (Lipinski definition) is 4. The van der Waals surface area contributed by atoms with Crippen LogP contribution in [-0.2, 0) is 0 Å². The van der Waals surface area contributed by atoms with Gasteiger partial charge < -0.3 is 14.7 Å². The van der Waals surface area contributed by atoms with Crippen LogP contribution in [0.25, 0.3) is 0 Å². The number of rotatable bonds is 5. The van der Waals surface area contributed by atoms with E-state index in [-0.39, 0.29) is 16.7 Å². The zero-order valence-corrected chi connectivity index (χ0v) is 16.3. The summed E-state index contributed by atoms with van der Waals surface area (Å²) in [6, 6.07) is 6.54. The average molecular weight is 418 g/mol. The van der Waals surface area contributed by atoms with Gasteiger partial charge in [-0.2, -0.15) is 13.2 Å². The van der Waals surface area contributed by atoms with Gasteiger partial charge in [-0.3, -0.25) is 4.90 Å². The maximum absolute atomic E-state index is 12.4. The second-order valence-corrected chi connectivity index (χ2v) is 8.45. The van der Waals surface area contributed by atoms with Crippen LogP contribution in [0.5, 0.6) is 5.75 Å². The van der Waals surface area contributed by atoms with Crippen molar-refractivity contribution in [2.24, 2.45) is 5.92 Å². The van der Waals surface area contributed by atoms with Crippen molar-refractivity contribution in [3.05, 3.63) is 24.3 Å². The molecule has 0 aromatic heterocycles. The van der Waals surface area contributed by atoms with Crippen molar-refractivity contribution in [3.63, 3.8) is 0 Å². The molecule has 1 aromatic carbocycles. The third kappa shape index (κ3) is 6.20. The molecule has 5 nitrogen and oxygen atoms in total. The van der Waals surface area contributed by atoms with E-state index in [9.17, 15) is 18.0 Å². The van der Waals surface area contributed by atoms with Gasteiger partial charge in [0.2, 0.25) is 0 Å². The van der Waals surface area contributed by atoms with Gasteiger partial charge in [0.05, 0.1) is 6.61 Å². The first-order valence-corrected chi connectivity index (χ1v) is 10.3. The number of carbonyl (C=O) groups is 1. The molecule has 2 aliphatic rings. The van der Waals surface area contributed by atoms with E-state index >= 15 is 0 Å². The lowest BCUT2D eigenvalue weighted by Crippen LogP contribution is -2.52. The maximum Gasteiger partial charge on any atom is 0.446 e. The fourth-order valence-corrected chi connectivity index (χ4v) is 4.45. The van der Waals surface area contributed by atoms with Crippen molar-refractivity contribution in [2.45, 2.75) is 42.1 Å². The molecule has 1 aliphatic heterocycles. The first-order chi connectivity index (χ1) is 13.3. The molecular weight excluding hydrogens is 393 g/mol. The number of piperazine rings is 1. The molecular formula is C19H25F3N2O3S. The molecule has 0 radical (unpaired) electrons. The Morgan fingerprint density at radius 3 is 2.21 bits per heavy atom. The SMILES string of the molecule is O=C(O)N1CCN(C2CCC(COc3ccc(SC(F)(F)F)cc3)CC2)CC1. The highest BCUT2D eigenvalue weighted by Gasteiger charge is 2.30. The Hall–Kier alpha value is -1.61. The Morgan fingerprint density at radius 2 is 1.68 bits per heavy atom. The summed E-state index contributed by atoms with van der Waals surface area (Å²) >= 11 is -0.125. The van der Waals surface area contributed by atoms with Gasteiger partial charge in [0.25, 0.3) is 0 Å². The maximum atomic E-state index is 12.4. The van der Waals surface area contributed by atoms with Crippen LogP contribution < -0.4 is 4.74 Å². The first-order valence-electron chi connectivity index (χ1n) is 9.51. The van der Waals surface area contributed by atoms with Crippen LogP contribution in [0, 0.1) is 5.92 Å². The number of hydrogen-bond donors (Lipinski definition) is 1. The normalized spacial score (nSPS) is 24.2. The molecule has 0 atom stereocenters. The second kappa shape index (κ2) is 9.26. The number of carboxylic acid groups (broad SMARTS) is 1. The molecule has 2 fully saturated rings. The fraction of sp³-hybridized carbons (Fsp3) is 0.632. The van der Waals surface area contributed by atoms with E-state index in [4.69, 9.17) is 9.84 Å². The minimum absolute atomic E-state index is 0.125. The predicted molar refractivity (Wildman–Crippen MR) is 101 cm³/mol. The number of amides is 1. The van der Waals surface area contributed by atoms with Gasteiger partial charge in [0.15, 0.2) is 0 Å². The third-order valence-electron chi connectivity index (χ3n) is 5.46. The van der Waals surface area contributed by atoms with Crippen molar-refractivity contribution in [1.82, 2.24) is 9.80 Å². The van der Waals surface area contributed by atoms with Crippen LogP contribution in [0.3, 0.4) is 0 Å². The Kier molecular flexibility index (Phi) is 6.98. The lowest BCUT2D eigenvalue weighted by molar-refractivity contribution is -0.0328. The largest absolute Gasteiger partial charge is 0.493 e. The van der Waals surface area contributed by atoms with Crippen LogP contribution in [0.15, 0.2) is 29.2 Å². The van der Waals surface area contributed by atoms with Gasteiger partial charge in [0, 0.05) is 37.1 Å². The molecule has 1 heterocycles. The summed E-state index contributed by atoms with van der Waals surface area (Å²) in [4.78, 5) is 15.0. The van der Waals surface area contributed by atoms with E-state index < -0.39 is 11.6 Å².